The number of aromatic nitrogens is 2. The van der Waals surface area contributed by atoms with Crippen molar-refractivity contribution in [2.45, 2.75) is 6.42 Å². The van der Waals surface area contributed by atoms with Crippen LogP contribution in [-0.4, -0.2) is 22.0 Å². The first-order valence-electron chi connectivity index (χ1n) is 10.0. The number of esters is 1. The van der Waals surface area contributed by atoms with Gasteiger partial charge >= 0.3 is 5.97 Å². The molecule has 0 saturated carbocycles. The molecule has 0 atom stereocenters. The van der Waals surface area contributed by atoms with Gasteiger partial charge in [0.05, 0.1) is 17.1 Å². The van der Waals surface area contributed by atoms with Crippen LogP contribution in [0.3, 0.4) is 0 Å². The number of H-pyrrole nitrogens is 1. The fourth-order valence-electron chi connectivity index (χ4n) is 3.71. The number of carbonyl (C=O) groups is 1. The first-order chi connectivity index (χ1) is 15.6. The third kappa shape index (κ3) is 4.20. The maximum atomic E-state index is 15.8. The molecule has 0 radical (unpaired) electrons. The molecular weight excluding hydrogens is 427 g/mol. The van der Waals surface area contributed by atoms with Crippen LogP contribution in [0.4, 0.5) is 4.39 Å². The lowest BCUT2D eigenvalue weighted by atomic mass is 9.87. The average molecular weight is 447 g/mol. The van der Waals surface area contributed by atoms with E-state index in [0.717, 1.165) is 17.2 Å². The van der Waals surface area contributed by atoms with Gasteiger partial charge in [0, 0.05) is 23.1 Å². The quantitative estimate of drug-likeness (QED) is 0.118. The van der Waals surface area contributed by atoms with Crippen molar-refractivity contribution in [2.75, 3.05) is 5.88 Å². The van der Waals surface area contributed by atoms with E-state index in [1.54, 1.807) is 30.3 Å². The average Bonchev–Trinajstić information content (AvgIpc) is 3.31. The Hall–Kier alpha value is -3.70. The normalized spacial score (nSPS) is 11.8. The van der Waals surface area contributed by atoms with Crippen LogP contribution in [-0.2, 0) is 4.79 Å². The highest BCUT2D eigenvalue weighted by Gasteiger charge is 2.22. The lowest BCUT2D eigenvalue weighted by Crippen LogP contribution is -2.07. The van der Waals surface area contributed by atoms with Crippen molar-refractivity contribution in [1.29, 1.82) is 0 Å². The zero-order valence-corrected chi connectivity index (χ0v) is 17.9. The van der Waals surface area contributed by atoms with Crippen molar-refractivity contribution in [2.24, 2.45) is 0 Å². The van der Waals surface area contributed by atoms with E-state index in [2.05, 4.69) is 16.8 Å². The molecule has 0 saturated heterocycles. The number of nitrogens with zero attached hydrogens (tertiary/aromatic N) is 1. The number of hydrogen-bond donors (Lipinski definition) is 1. The van der Waals surface area contributed by atoms with E-state index in [9.17, 15) is 4.79 Å². The van der Waals surface area contributed by atoms with Gasteiger partial charge in [0.2, 0.25) is 0 Å². The highest BCUT2D eigenvalue weighted by molar-refractivity contribution is 6.19. The molecule has 0 bridgehead atoms. The van der Waals surface area contributed by atoms with E-state index in [-0.39, 0.29) is 0 Å². The molecule has 0 spiro atoms. The molecule has 0 unspecified atom stereocenters. The maximum Gasteiger partial charge on any atom is 0.335 e. The van der Waals surface area contributed by atoms with Gasteiger partial charge in [-0.05, 0) is 41.3 Å². The number of halogens is 2. The van der Waals surface area contributed by atoms with Crippen molar-refractivity contribution in [1.82, 2.24) is 10.2 Å². The molecule has 4 aromatic rings. The van der Waals surface area contributed by atoms with Gasteiger partial charge in [-0.25, -0.2) is 9.18 Å². The number of para-hydroxylation sites is 1. The highest BCUT2D eigenvalue weighted by Crippen LogP contribution is 2.40. The van der Waals surface area contributed by atoms with E-state index in [1.807, 2.05) is 36.4 Å². The Balaban J connectivity index is 2.07. The monoisotopic (exact) mass is 446 g/mol. The molecular formula is C26H20ClFN2O2. The van der Waals surface area contributed by atoms with Gasteiger partial charge < -0.3 is 4.74 Å². The predicted molar refractivity (Wildman–Crippen MR) is 126 cm³/mol. The minimum Gasteiger partial charge on any atom is -0.423 e. The van der Waals surface area contributed by atoms with Gasteiger partial charge in [-0.3, -0.25) is 5.10 Å². The Morgan fingerprint density at radius 1 is 1.06 bits per heavy atom. The first-order valence-corrected chi connectivity index (χ1v) is 10.6. The van der Waals surface area contributed by atoms with Crippen molar-refractivity contribution >= 4 is 39.6 Å². The Morgan fingerprint density at radius 2 is 1.81 bits per heavy atom. The van der Waals surface area contributed by atoms with Crippen LogP contribution in [0.5, 0.6) is 5.75 Å². The van der Waals surface area contributed by atoms with E-state index in [4.69, 9.17) is 16.3 Å². The molecule has 1 aromatic heterocycles. The SMILES string of the molecule is C=CC(=O)Oc1ccccc1/C(=C(/CCCl)c1ccccc1)c1ccc2[nH]ncc2c1F. The fourth-order valence-corrected chi connectivity index (χ4v) is 3.89. The zero-order chi connectivity index (χ0) is 22.5. The zero-order valence-electron chi connectivity index (χ0n) is 17.1. The number of rotatable bonds is 7. The largest absolute Gasteiger partial charge is 0.423 e. The number of hydrogen-bond acceptors (Lipinski definition) is 3. The summed E-state index contributed by atoms with van der Waals surface area (Å²) in [6.45, 7) is 3.47. The Bertz CT molecular complexity index is 1310. The predicted octanol–water partition coefficient (Wildman–Crippen LogP) is 6.38. The Morgan fingerprint density at radius 3 is 2.56 bits per heavy atom. The molecule has 0 fully saturated rings. The summed E-state index contributed by atoms with van der Waals surface area (Å²) in [7, 11) is 0. The minimum absolute atomic E-state index is 0.307. The van der Waals surface area contributed by atoms with Crippen LogP contribution in [0.1, 0.15) is 23.1 Å². The highest BCUT2D eigenvalue weighted by atomic mass is 35.5. The van der Waals surface area contributed by atoms with Crippen molar-refractivity contribution in [3.8, 4) is 5.75 Å². The van der Waals surface area contributed by atoms with Crippen LogP contribution in [0, 0.1) is 5.82 Å². The molecule has 4 nitrogen and oxygen atoms in total. The number of fused-ring (bicyclic) bond motifs is 1. The number of carbonyl (C=O) groups excluding carboxylic acids is 1. The number of benzene rings is 3. The lowest BCUT2D eigenvalue weighted by Gasteiger charge is -2.19. The third-order valence-corrected chi connectivity index (χ3v) is 5.32. The number of nitrogens with one attached hydrogen (secondary N) is 1. The van der Waals surface area contributed by atoms with E-state index in [1.165, 1.54) is 6.20 Å². The van der Waals surface area contributed by atoms with Crippen LogP contribution in [0.2, 0.25) is 0 Å². The maximum absolute atomic E-state index is 15.8. The van der Waals surface area contributed by atoms with Gasteiger partial charge in [0.15, 0.2) is 0 Å². The Kier molecular flexibility index (Phi) is 6.47. The summed E-state index contributed by atoms with van der Waals surface area (Å²) >= 11 is 6.19. The van der Waals surface area contributed by atoms with Crippen LogP contribution in [0.15, 0.2) is 85.6 Å². The molecule has 6 heteroatoms. The molecule has 0 aliphatic rings. The summed E-state index contributed by atoms with van der Waals surface area (Å²) in [4.78, 5) is 12.0. The van der Waals surface area contributed by atoms with Crippen LogP contribution >= 0.6 is 11.6 Å². The van der Waals surface area contributed by atoms with Gasteiger partial charge in [0.25, 0.3) is 0 Å². The molecule has 32 heavy (non-hydrogen) atoms. The molecule has 3 aromatic carbocycles. The summed E-state index contributed by atoms with van der Waals surface area (Å²) in [5.74, 6) is -0.375. The summed E-state index contributed by atoms with van der Waals surface area (Å²) in [6, 6.07) is 20.2. The lowest BCUT2D eigenvalue weighted by molar-refractivity contribution is -0.128. The fraction of sp³-hybridized carbons (Fsp3) is 0.0769. The van der Waals surface area contributed by atoms with Crippen LogP contribution in [0.25, 0.3) is 22.0 Å². The molecule has 0 amide bonds. The Labute approximate surface area is 190 Å². The number of allylic oxidation sites excluding steroid dienone is 1. The summed E-state index contributed by atoms with van der Waals surface area (Å²) in [5.41, 5.74) is 3.88. The van der Waals surface area contributed by atoms with E-state index < -0.39 is 11.8 Å². The topological polar surface area (TPSA) is 55.0 Å². The number of ether oxygens (including phenoxy) is 1. The van der Waals surface area contributed by atoms with E-state index in [0.29, 0.717) is 45.7 Å². The molecule has 0 aliphatic carbocycles. The van der Waals surface area contributed by atoms with Crippen molar-refractivity contribution in [3.63, 3.8) is 0 Å². The van der Waals surface area contributed by atoms with Gasteiger partial charge in [-0.1, -0.05) is 55.1 Å². The summed E-state index contributed by atoms with van der Waals surface area (Å²) < 4.78 is 21.3. The number of aromatic amines is 1. The second-order valence-corrected chi connectivity index (χ2v) is 7.42. The number of alkyl halides is 1. The van der Waals surface area contributed by atoms with Crippen molar-refractivity contribution in [3.05, 3.63) is 108 Å². The molecule has 4 rings (SSSR count). The van der Waals surface area contributed by atoms with Gasteiger partial charge in [0.1, 0.15) is 11.6 Å². The molecule has 0 aliphatic heterocycles. The summed E-state index contributed by atoms with van der Waals surface area (Å²) in [5, 5.41) is 7.12. The van der Waals surface area contributed by atoms with Gasteiger partial charge in [-0.15, -0.1) is 11.6 Å². The smallest absolute Gasteiger partial charge is 0.335 e. The first kappa shape index (κ1) is 21.5. The van der Waals surface area contributed by atoms with Gasteiger partial charge in [-0.2, -0.15) is 5.10 Å². The third-order valence-electron chi connectivity index (χ3n) is 5.13. The second kappa shape index (κ2) is 9.62. The minimum atomic E-state index is -0.596. The molecule has 160 valence electrons. The van der Waals surface area contributed by atoms with Crippen LogP contribution < -0.4 is 4.74 Å². The second-order valence-electron chi connectivity index (χ2n) is 7.04. The molecule has 1 N–H and O–H groups in total. The van der Waals surface area contributed by atoms with E-state index >= 15 is 4.39 Å². The summed E-state index contributed by atoms with van der Waals surface area (Å²) in [6.07, 6.45) is 3.03. The standard InChI is InChI=1S/C26H20ClFN2O2/c1-2-24(31)32-23-11-7-6-10-19(23)25(18(14-15-27)17-8-4-3-5-9-17)20-12-13-22-21(26(20)28)16-29-30-22/h2-13,16H,1,14-15H2,(H,29,30)/b25-18+. The van der Waals surface area contributed by atoms with Crippen molar-refractivity contribution < 1.29 is 13.9 Å². The molecule has 1 heterocycles.